The van der Waals surface area contributed by atoms with Gasteiger partial charge < -0.3 is 10.6 Å². The van der Waals surface area contributed by atoms with Gasteiger partial charge >= 0.3 is 0 Å². The average molecular weight is 536 g/mol. The quantitative estimate of drug-likeness (QED) is 0.235. The molecule has 0 amide bonds. The number of nitrogens with zero attached hydrogens (tertiary/aromatic N) is 2. The first kappa shape index (κ1) is 25.4. The second kappa shape index (κ2) is 11.5. The van der Waals surface area contributed by atoms with E-state index in [2.05, 4.69) is 15.4 Å². The summed E-state index contributed by atoms with van der Waals surface area (Å²) in [5.74, 6) is 2.17. The Labute approximate surface area is 222 Å². The monoisotopic (exact) mass is 535 g/mol. The van der Waals surface area contributed by atoms with E-state index in [9.17, 15) is 8.42 Å². The van der Waals surface area contributed by atoms with Gasteiger partial charge in [-0.25, -0.2) is 18.1 Å². The fraction of sp³-hybridized carbons (Fsp3) is 0.286. The zero-order chi connectivity index (χ0) is 25.7. The van der Waals surface area contributed by atoms with Crippen LogP contribution in [0, 0.1) is 11.8 Å². The molecule has 3 aromatic carbocycles. The molecule has 1 fully saturated rings. The summed E-state index contributed by atoms with van der Waals surface area (Å²) in [5, 5.41) is 8.46. The van der Waals surface area contributed by atoms with Crippen LogP contribution in [0.25, 0.3) is 10.9 Å². The molecule has 192 valence electrons. The molecule has 1 aromatic heterocycles. The van der Waals surface area contributed by atoms with Gasteiger partial charge in [0.2, 0.25) is 16.0 Å². The van der Waals surface area contributed by atoms with Crippen molar-refractivity contribution in [2.75, 3.05) is 23.7 Å². The number of halogens is 1. The van der Waals surface area contributed by atoms with Crippen molar-refractivity contribution < 1.29 is 8.42 Å². The minimum Gasteiger partial charge on any atom is -0.354 e. The summed E-state index contributed by atoms with van der Waals surface area (Å²) < 4.78 is 27.8. The number of para-hydroxylation sites is 1. The predicted octanol–water partition coefficient (Wildman–Crippen LogP) is 6.22. The molecule has 0 bridgehead atoms. The largest absolute Gasteiger partial charge is 0.354 e. The van der Waals surface area contributed by atoms with Crippen molar-refractivity contribution in [1.82, 2.24) is 14.7 Å². The minimum absolute atomic E-state index is 0.313. The Bertz CT molecular complexity index is 1440. The SMILES string of the molecule is O=S(=O)(NCC1CCC(CNc2nc(Nc3ccc(Cl)cc3)c3ccccc3n2)CC1)c1ccccc1. The van der Waals surface area contributed by atoms with Crippen molar-refractivity contribution >= 4 is 50.0 Å². The number of hydrogen-bond donors (Lipinski definition) is 3. The van der Waals surface area contributed by atoms with E-state index in [0.717, 1.165) is 54.6 Å². The smallest absolute Gasteiger partial charge is 0.240 e. The number of rotatable bonds is 9. The molecule has 0 unspecified atom stereocenters. The van der Waals surface area contributed by atoms with Crippen LogP contribution >= 0.6 is 11.6 Å². The summed E-state index contributed by atoms with van der Waals surface area (Å²) in [6.45, 7) is 1.26. The molecule has 0 atom stereocenters. The maximum atomic E-state index is 12.5. The second-order valence-electron chi connectivity index (χ2n) is 9.48. The summed E-state index contributed by atoms with van der Waals surface area (Å²) in [7, 11) is -3.46. The first-order valence-corrected chi connectivity index (χ1v) is 14.4. The third-order valence-corrected chi connectivity index (χ3v) is 8.53. The number of nitrogens with one attached hydrogen (secondary N) is 3. The Morgan fingerprint density at radius 1 is 0.784 bits per heavy atom. The number of fused-ring (bicyclic) bond motifs is 1. The maximum absolute atomic E-state index is 12.5. The third-order valence-electron chi connectivity index (χ3n) is 6.84. The van der Waals surface area contributed by atoms with Crippen LogP contribution in [0.4, 0.5) is 17.5 Å². The number of hydrogen-bond acceptors (Lipinski definition) is 6. The molecule has 7 nitrogen and oxygen atoms in total. The Morgan fingerprint density at radius 3 is 2.16 bits per heavy atom. The van der Waals surface area contributed by atoms with Crippen molar-refractivity contribution in [2.24, 2.45) is 11.8 Å². The maximum Gasteiger partial charge on any atom is 0.240 e. The number of sulfonamides is 1. The van der Waals surface area contributed by atoms with E-state index in [4.69, 9.17) is 21.6 Å². The van der Waals surface area contributed by atoms with E-state index < -0.39 is 10.0 Å². The Hall–Kier alpha value is -3.20. The van der Waals surface area contributed by atoms with Gasteiger partial charge in [-0.2, -0.15) is 4.98 Å². The molecular formula is C28H30ClN5O2S. The van der Waals surface area contributed by atoms with Gasteiger partial charge in [0.1, 0.15) is 5.82 Å². The van der Waals surface area contributed by atoms with Gasteiger partial charge in [-0.05, 0) is 86.1 Å². The molecule has 5 rings (SSSR count). The molecule has 0 aliphatic heterocycles. The lowest BCUT2D eigenvalue weighted by molar-refractivity contribution is 0.284. The van der Waals surface area contributed by atoms with Crippen LogP contribution < -0.4 is 15.4 Å². The number of benzene rings is 3. The topological polar surface area (TPSA) is 96.0 Å². The fourth-order valence-corrected chi connectivity index (χ4v) is 5.97. The van der Waals surface area contributed by atoms with Crippen LogP contribution in [0.15, 0.2) is 83.8 Å². The molecular weight excluding hydrogens is 506 g/mol. The van der Waals surface area contributed by atoms with E-state index in [1.807, 2.05) is 54.6 Å². The van der Waals surface area contributed by atoms with E-state index in [1.54, 1.807) is 24.3 Å². The van der Waals surface area contributed by atoms with Gasteiger partial charge in [0.05, 0.1) is 10.4 Å². The standard InChI is InChI=1S/C28H30ClN5O2S/c29-22-14-16-23(17-15-22)32-27-25-8-4-5-9-26(25)33-28(34-27)30-18-20-10-12-21(13-11-20)19-31-37(35,36)24-6-2-1-3-7-24/h1-9,14-17,20-21,31H,10-13,18-19H2,(H2,30,32,33,34). The van der Waals surface area contributed by atoms with Crippen LogP contribution in [0.5, 0.6) is 0 Å². The molecule has 1 heterocycles. The highest BCUT2D eigenvalue weighted by molar-refractivity contribution is 7.89. The number of anilines is 3. The van der Waals surface area contributed by atoms with E-state index in [0.29, 0.717) is 34.2 Å². The van der Waals surface area contributed by atoms with E-state index in [1.165, 1.54) is 0 Å². The van der Waals surface area contributed by atoms with Crippen molar-refractivity contribution in [3.8, 4) is 0 Å². The lowest BCUT2D eigenvalue weighted by atomic mass is 9.82. The van der Waals surface area contributed by atoms with Gasteiger partial charge in [-0.1, -0.05) is 41.9 Å². The van der Waals surface area contributed by atoms with Gasteiger partial charge in [0.25, 0.3) is 0 Å². The molecule has 4 aromatic rings. The Balaban J connectivity index is 1.17. The van der Waals surface area contributed by atoms with Gasteiger partial charge in [-0.3, -0.25) is 0 Å². The molecule has 0 radical (unpaired) electrons. The van der Waals surface area contributed by atoms with E-state index in [-0.39, 0.29) is 0 Å². The van der Waals surface area contributed by atoms with Crippen LogP contribution in [0.2, 0.25) is 5.02 Å². The predicted molar refractivity (Wildman–Crippen MR) is 150 cm³/mol. The lowest BCUT2D eigenvalue weighted by Gasteiger charge is -2.28. The zero-order valence-corrected chi connectivity index (χ0v) is 22.0. The summed E-state index contributed by atoms with van der Waals surface area (Å²) in [4.78, 5) is 9.79. The van der Waals surface area contributed by atoms with Crippen LogP contribution in [0.1, 0.15) is 25.7 Å². The summed E-state index contributed by atoms with van der Waals surface area (Å²) in [6, 6.07) is 24.0. The lowest BCUT2D eigenvalue weighted by Crippen LogP contribution is -2.32. The molecule has 3 N–H and O–H groups in total. The highest BCUT2D eigenvalue weighted by Gasteiger charge is 2.23. The first-order valence-electron chi connectivity index (χ1n) is 12.5. The van der Waals surface area contributed by atoms with Crippen molar-refractivity contribution in [3.63, 3.8) is 0 Å². The van der Waals surface area contributed by atoms with Crippen LogP contribution in [0.3, 0.4) is 0 Å². The number of aromatic nitrogens is 2. The van der Waals surface area contributed by atoms with Crippen molar-refractivity contribution in [2.45, 2.75) is 30.6 Å². The molecule has 0 saturated heterocycles. The zero-order valence-electron chi connectivity index (χ0n) is 20.4. The molecule has 9 heteroatoms. The van der Waals surface area contributed by atoms with Crippen molar-refractivity contribution in [1.29, 1.82) is 0 Å². The van der Waals surface area contributed by atoms with Crippen LogP contribution in [-0.4, -0.2) is 31.5 Å². The van der Waals surface area contributed by atoms with Gasteiger partial charge in [0, 0.05) is 29.2 Å². The molecule has 1 aliphatic rings. The highest BCUT2D eigenvalue weighted by Crippen LogP contribution is 2.30. The normalized spacial score (nSPS) is 18.0. The van der Waals surface area contributed by atoms with Gasteiger partial charge in [0.15, 0.2) is 0 Å². The second-order valence-corrected chi connectivity index (χ2v) is 11.7. The fourth-order valence-electron chi connectivity index (χ4n) is 4.71. The Morgan fingerprint density at radius 2 is 1.43 bits per heavy atom. The van der Waals surface area contributed by atoms with Gasteiger partial charge in [-0.15, -0.1) is 0 Å². The van der Waals surface area contributed by atoms with E-state index >= 15 is 0 Å². The Kier molecular flexibility index (Phi) is 7.88. The summed E-state index contributed by atoms with van der Waals surface area (Å²) >= 11 is 6.03. The molecule has 37 heavy (non-hydrogen) atoms. The first-order chi connectivity index (χ1) is 18.0. The average Bonchev–Trinajstić information content (AvgIpc) is 2.93. The third kappa shape index (κ3) is 6.57. The van der Waals surface area contributed by atoms with Crippen molar-refractivity contribution in [3.05, 3.63) is 83.9 Å². The minimum atomic E-state index is -3.46. The molecule has 0 spiro atoms. The summed E-state index contributed by atoms with van der Waals surface area (Å²) in [5.41, 5.74) is 1.77. The molecule has 1 aliphatic carbocycles. The van der Waals surface area contributed by atoms with Crippen LogP contribution in [-0.2, 0) is 10.0 Å². The molecule has 1 saturated carbocycles. The highest BCUT2D eigenvalue weighted by atomic mass is 35.5. The summed E-state index contributed by atoms with van der Waals surface area (Å²) in [6.07, 6.45) is 4.06.